The summed E-state index contributed by atoms with van der Waals surface area (Å²) in [5, 5.41) is 3.06. The van der Waals surface area contributed by atoms with Crippen molar-refractivity contribution in [3.63, 3.8) is 0 Å². The van der Waals surface area contributed by atoms with Crippen LogP contribution in [0.2, 0.25) is 0 Å². The predicted octanol–water partition coefficient (Wildman–Crippen LogP) is 2.51. The lowest BCUT2D eigenvalue weighted by Gasteiger charge is -2.10. The number of ether oxygens (including phenoxy) is 2. The Balaban J connectivity index is 1.63. The molecule has 0 bridgehead atoms. The van der Waals surface area contributed by atoms with Crippen LogP contribution in [-0.2, 0) is 17.3 Å². The van der Waals surface area contributed by atoms with Crippen molar-refractivity contribution in [1.82, 2.24) is 0 Å². The Morgan fingerprint density at radius 1 is 1.16 bits per heavy atom. The molecule has 2 aromatic rings. The van der Waals surface area contributed by atoms with E-state index in [2.05, 4.69) is 10.3 Å². The molecule has 6 nitrogen and oxygen atoms in total. The lowest BCUT2D eigenvalue weighted by molar-refractivity contribution is 0.297. The van der Waals surface area contributed by atoms with Gasteiger partial charge in [-0.2, -0.15) is 0 Å². The third kappa shape index (κ3) is 4.73. The van der Waals surface area contributed by atoms with Crippen LogP contribution in [-0.4, -0.2) is 29.6 Å². The zero-order valence-corrected chi connectivity index (χ0v) is 14.8. The first-order chi connectivity index (χ1) is 12.1. The Labute approximate surface area is 149 Å². The molecule has 0 aromatic heterocycles. The van der Waals surface area contributed by atoms with Crippen LogP contribution in [0.25, 0.3) is 0 Å². The molecular weight excluding hydrogens is 338 g/mol. The van der Waals surface area contributed by atoms with Crippen molar-refractivity contribution in [1.29, 1.82) is 0 Å². The maximum atomic E-state index is 11.4. The van der Waals surface area contributed by atoms with Crippen LogP contribution < -0.4 is 20.5 Å². The molecule has 0 saturated heterocycles. The molecule has 7 heteroatoms. The van der Waals surface area contributed by atoms with Crippen LogP contribution in [0.1, 0.15) is 12.0 Å². The molecular formula is C18H21N3O3S. The number of guanidine groups is 1. The molecule has 0 aliphatic carbocycles. The van der Waals surface area contributed by atoms with Gasteiger partial charge in [0.1, 0.15) is 0 Å². The number of hydrogen-bond acceptors (Lipinski definition) is 4. The Morgan fingerprint density at radius 2 is 1.88 bits per heavy atom. The van der Waals surface area contributed by atoms with E-state index >= 15 is 0 Å². The highest BCUT2D eigenvalue weighted by molar-refractivity contribution is 7.84. The summed E-state index contributed by atoms with van der Waals surface area (Å²) in [5.74, 6) is 1.77. The summed E-state index contributed by atoms with van der Waals surface area (Å²) in [6.45, 7) is 1.74. The molecule has 3 rings (SSSR count). The Kier molecular flexibility index (Phi) is 5.55. The number of aliphatic imine (C=N–C) groups is 1. The Hall–Kier alpha value is -2.54. The highest BCUT2D eigenvalue weighted by Crippen LogP contribution is 2.32. The molecule has 25 heavy (non-hydrogen) atoms. The van der Waals surface area contributed by atoms with Crippen molar-refractivity contribution >= 4 is 22.4 Å². The minimum Gasteiger partial charge on any atom is -0.490 e. The first-order valence-electron chi connectivity index (χ1n) is 8.01. The van der Waals surface area contributed by atoms with Gasteiger partial charge in [-0.05, 0) is 29.8 Å². The van der Waals surface area contributed by atoms with E-state index in [9.17, 15) is 4.21 Å². The number of nitrogens with one attached hydrogen (secondary N) is 1. The van der Waals surface area contributed by atoms with E-state index in [1.165, 1.54) is 0 Å². The van der Waals surface area contributed by atoms with Gasteiger partial charge in [-0.25, -0.2) is 4.99 Å². The van der Waals surface area contributed by atoms with E-state index in [-0.39, 0.29) is 0 Å². The molecule has 0 amide bonds. The second kappa shape index (κ2) is 8.02. The van der Waals surface area contributed by atoms with Crippen molar-refractivity contribution < 1.29 is 13.7 Å². The maximum absolute atomic E-state index is 11.4. The van der Waals surface area contributed by atoms with Gasteiger partial charge in [0.15, 0.2) is 17.5 Å². The van der Waals surface area contributed by atoms with Crippen LogP contribution in [0.4, 0.5) is 5.69 Å². The van der Waals surface area contributed by atoms with Crippen molar-refractivity contribution in [2.75, 3.05) is 24.8 Å². The van der Waals surface area contributed by atoms with Crippen LogP contribution in [0.3, 0.4) is 0 Å². The average Bonchev–Trinajstić information content (AvgIpc) is 2.85. The highest BCUT2D eigenvalue weighted by Gasteiger charge is 2.10. The summed E-state index contributed by atoms with van der Waals surface area (Å²) < 4.78 is 22.6. The van der Waals surface area contributed by atoms with Crippen molar-refractivity contribution in [3.8, 4) is 11.5 Å². The Morgan fingerprint density at radius 3 is 2.60 bits per heavy atom. The molecule has 1 heterocycles. The van der Waals surface area contributed by atoms with Gasteiger partial charge in [0.25, 0.3) is 0 Å². The number of rotatable bonds is 4. The maximum Gasteiger partial charge on any atom is 0.193 e. The predicted molar refractivity (Wildman–Crippen MR) is 99.8 cm³/mol. The fourth-order valence-electron chi connectivity index (χ4n) is 2.39. The van der Waals surface area contributed by atoms with Gasteiger partial charge in [0, 0.05) is 40.1 Å². The zero-order chi connectivity index (χ0) is 17.6. The number of nitrogens with two attached hydrogens (primary N) is 1. The summed E-state index contributed by atoms with van der Waals surface area (Å²) in [4.78, 5) is 5.13. The SMILES string of the molecule is CS(=O)c1ccc(CN=C(N)Nc2ccc3c(c2)OCCCO3)cc1. The quantitative estimate of drug-likeness (QED) is 0.647. The summed E-state index contributed by atoms with van der Waals surface area (Å²) in [6.07, 6.45) is 2.52. The molecule has 132 valence electrons. The molecule has 0 spiro atoms. The van der Waals surface area contributed by atoms with Crippen LogP contribution >= 0.6 is 0 Å². The van der Waals surface area contributed by atoms with Gasteiger partial charge in [-0.3, -0.25) is 4.21 Å². The van der Waals surface area contributed by atoms with Crippen molar-refractivity contribution in [2.24, 2.45) is 10.7 Å². The van der Waals surface area contributed by atoms with Crippen LogP contribution in [0, 0.1) is 0 Å². The molecule has 0 saturated carbocycles. The molecule has 1 unspecified atom stereocenters. The third-order valence-corrected chi connectivity index (χ3v) is 4.64. The minimum atomic E-state index is -0.974. The second-order valence-corrected chi connectivity index (χ2v) is 7.02. The third-order valence-electron chi connectivity index (χ3n) is 3.71. The molecule has 0 fully saturated rings. The summed E-state index contributed by atoms with van der Waals surface area (Å²) >= 11 is 0. The molecule has 1 aliphatic rings. The zero-order valence-electron chi connectivity index (χ0n) is 14.0. The number of nitrogens with zero attached hydrogens (tertiary/aromatic N) is 1. The first kappa shape index (κ1) is 17.3. The van der Waals surface area contributed by atoms with E-state index in [1.807, 2.05) is 42.5 Å². The van der Waals surface area contributed by atoms with Crippen molar-refractivity contribution in [2.45, 2.75) is 17.9 Å². The van der Waals surface area contributed by atoms with E-state index in [4.69, 9.17) is 15.2 Å². The summed E-state index contributed by atoms with van der Waals surface area (Å²) in [6, 6.07) is 13.1. The van der Waals surface area contributed by atoms with E-state index in [0.717, 1.165) is 28.3 Å². The van der Waals surface area contributed by atoms with Crippen LogP contribution in [0.5, 0.6) is 11.5 Å². The summed E-state index contributed by atoms with van der Waals surface area (Å²) in [7, 11) is -0.974. The number of benzene rings is 2. The summed E-state index contributed by atoms with van der Waals surface area (Å²) in [5.41, 5.74) is 7.75. The van der Waals surface area contributed by atoms with Gasteiger partial charge >= 0.3 is 0 Å². The second-order valence-electron chi connectivity index (χ2n) is 5.64. The Bertz CT molecular complexity index is 791. The van der Waals surface area contributed by atoms with Gasteiger partial charge in [-0.15, -0.1) is 0 Å². The number of fused-ring (bicyclic) bond motifs is 1. The fraction of sp³-hybridized carbons (Fsp3) is 0.278. The molecule has 2 aromatic carbocycles. The normalized spacial score (nSPS) is 15.3. The smallest absolute Gasteiger partial charge is 0.193 e. The highest BCUT2D eigenvalue weighted by atomic mass is 32.2. The van der Waals surface area contributed by atoms with Gasteiger partial charge in [0.05, 0.1) is 19.8 Å². The topological polar surface area (TPSA) is 85.9 Å². The molecule has 1 aliphatic heterocycles. The average molecular weight is 359 g/mol. The molecule has 3 N–H and O–H groups in total. The van der Waals surface area contributed by atoms with Crippen molar-refractivity contribution in [3.05, 3.63) is 48.0 Å². The van der Waals surface area contributed by atoms with E-state index in [1.54, 1.807) is 6.26 Å². The van der Waals surface area contributed by atoms with Crippen LogP contribution in [0.15, 0.2) is 52.4 Å². The van der Waals surface area contributed by atoms with Gasteiger partial charge in [0.2, 0.25) is 0 Å². The van der Waals surface area contributed by atoms with E-state index in [0.29, 0.717) is 31.5 Å². The minimum absolute atomic E-state index is 0.317. The lowest BCUT2D eigenvalue weighted by atomic mass is 10.2. The molecule has 1 atom stereocenters. The van der Waals surface area contributed by atoms with Gasteiger partial charge < -0.3 is 20.5 Å². The fourth-order valence-corrected chi connectivity index (χ4v) is 2.91. The van der Waals surface area contributed by atoms with Gasteiger partial charge in [-0.1, -0.05) is 12.1 Å². The monoisotopic (exact) mass is 359 g/mol. The first-order valence-corrected chi connectivity index (χ1v) is 9.56. The molecule has 0 radical (unpaired) electrons. The lowest BCUT2D eigenvalue weighted by Crippen LogP contribution is -2.22. The standard InChI is InChI=1S/C18H21N3O3S/c1-25(22)15-6-3-13(4-7-15)12-20-18(19)21-14-5-8-16-17(11-14)24-10-2-9-23-16/h3-8,11H,2,9-10,12H2,1H3,(H3,19,20,21). The number of hydrogen-bond donors (Lipinski definition) is 2. The number of anilines is 1. The largest absolute Gasteiger partial charge is 0.490 e. The van der Waals surface area contributed by atoms with E-state index < -0.39 is 10.8 Å².